The van der Waals surface area contributed by atoms with Crippen LogP contribution in [0.3, 0.4) is 0 Å². The molecule has 0 fully saturated rings. The van der Waals surface area contributed by atoms with E-state index in [4.69, 9.17) is 23.2 Å². The van der Waals surface area contributed by atoms with Gasteiger partial charge in [0.05, 0.1) is 23.7 Å². The summed E-state index contributed by atoms with van der Waals surface area (Å²) in [4.78, 5) is 13.3. The third kappa shape index (κ3) is 4.48. The molecule has 0 spiro atoms. The van der Waals surface area contributed by atoms with Gasteiger partial charge in [-0.25, -0.2) is 0 Å². The molecule has 3 nitrogen and oxygen atoms in total. The highest BCUT2D eigenvalue weighted by Crippen LogP contribution is 2.23. The minimum absolute atomic E-state index is 0.235. The molecule has 100 valence electrons. The summed E-state index contributed by atoms with van der Waals surface area (Å²) in [5.41, 5.74) is 1.02. The number of carbonyl (C=O) groups excluding carboxylic acids is 1. The summed E-state index contributed by atoms with van der Waals surface area (Å²) in [6, 6.07) is 5.71. The molecule has 0 saturated heterocycles. The van der Waals surface area contributed by atoms with E-state index in [1.54, 1.807) is 6.07 Å². The summed E-state index contributed by atoms with van der Waals surface area (Å²) >= 11 is 11.8. The van der Waals surface area contributed by atoms with Crippen LogP contribution in [0.2, 0.25) is 10.0 Å². The van der Waals surface area contributed by atoms with Crippen molar-refractivity contribution in [1.29, 1.82) is 0 Å². The largest absolute Gasteiger partial charge is 0.468 e. The molecular formula is C13H17Cl2NO2. The van der Waals surface area contributed by atoms with Gasteiger partial charge < -0.3 is 4.74 Å². The minimum Gasteiger partial charge on any atom is -0.468 e. The van der Waals surface area contributed by atoms with Crippen LogP contribution < -0.4 is 0 Å². The number of hydrogen-bond acceptors (Lipinski definition) is 3. The minimum atomic E-state index is -0.247. The Balaban J connectivity index is 2.76. The first-order chi connectivity index (χ1) is 8.43. The lowest BCUT2D eigenvalue weighted by atomic mass is 10.2. The summed E-state index contributed by atoms with van der Waals surface area (Å²) in [7, 11) is 1.39. The Labute approximate surface area is 118 Å². The Morgan fingerprint density at radius 2 is 2.00 bits per heavy atom. The van der Waals surface area contributed by atoms with Crippen LogP contribution in [0, 0.1) is 0 Å². The van der Waals surface area contributed by atoms with Crippen LogP contribution in [0.5, 0.6) is 0 Å². The van der Waals surface area contributed by atoms with Crippen molar-refractivity contribution in [2.45, 2.75) is 26.4 Å². The Hall–Kier alpha value is -0.770. The summed E-state index contributed by atoms with van der Waals surface area (Å²) < 4.78 is 4.68. The Morgan fingerprint density at radius 1 is 1.33 bits per heavy atom. The first kappa shape index (κ1) is 15.3. The van der Waals surface area contributed by atoms with Gasteiger partial charge in [-0.15, -0.1) is 0 Å². The van der Waals surface area contributed by atoms with Crippen molar-refractivity contribution >= 4 is 29.2 Å². The Kier molecular flexibility index (Phi) is 5.93. The fourth-order valence-electron chi connectivity index (χ4n) is 1.52. The second-order valence-corrected chi connectivity index (χ2v) is 5.14. The maximum Gasteiger partial charge on any atom is 0.319 e. The highest BCUT2D eigenvalue weighted by atomic mass is 35.5. The van der Waals surface area contributed by atoms with Gasteiger partial charge in [-0.05, 0) is 31.5 Å². The lowest BCUT2D eigenvalue weighted by Gasteiger charge is -2.25. The van der Waals surface area contributed by atoms with Crippen LogP contribution in [0.15, 0.2) is 18.2 Å². The van der Waals surface area contributed by atoms with E-state index in [0.717, 1.165) is 5.56 Å². The first-order valence-corrected chi connectivity index (χ1v) is 6.44. The van der Waals surface area contributed by atoms with Crippen molar-refractivity contribution < 1.29 is 9.53 Å². The molecular weight excluding hydrogens is 273 g/mol. The lowest BCUT2D eigenvalue weighted by molar-refractivity contribution is -0.142. The molecule has 0 radical (unpaired) electrons. The molecule has 0 atom stereocenters. The smallest absolute Gasteiger partial charge is 0.319 e. The van der Waals surface area contributed by atoms with Crippen LogP contribution in [0.25, 0.3) is 0 Å². The van der Waals surface area contributed by atoms with E-state index in [0.29, 0.717) is 16.6 Å². The molecule has 0 heterocycles. The average Bonchev–Trinajstić information content (AvgIpc) is 2.32. The Morgan fingerprint density at radius 3 is 2.50 bits per heavy atom. The van der Waals surface area contributed by atoms with Crippen LogP contribution >= 0.6 is 23.2 Å². The van der Waals surface area contributed by atoms with E-state index >= 15 is 0 Å². The number of ether oxygens (including phenoxy) is 1. The second-order valence-electron chi connectivity index (χ2n) is 4.32. The maximum atomic E-state index is 11.3. The zero-order chi connectivity index (χ0) is 13.7. The van der Waals surface area contributed by atoms with E-state index in [1.807, 2.05) is 30.9 Å². The number of halogens is 2. The zero-order valence-electron chi connectivity index (χ0n) is 10.7. The topological polar surface area (TPSA) is 29.5 Å². The highest BCUT2D eigenvalue weighted by Gasteiger charge is 2.15. The molecule has 0 saturated carbocycles. The standard InChI is InChI=1S/C13H17Cl2NO2/c1-9(2)16(8-13(17)18-3)7-10-4-5-11(14)12(15)6-10/h4-6,9H,7-8H2,1-3H3. The van der Waals surface area contributed by atoms with E-state index in [2.05, 4.69) is 4.74 Å². The first-order valence-electron chi connectivity index (χ1n) is 5.68. The SMILES string of the molecule is COC(=O)CN(Cc1ccc(Cl)c(Cl)c1)C(C)C. The zero-order valence-corrected chi connectivity index (χ0v) is 12.3. The molecule has 0 bridgehead atoms. The average molecular weight is 290 g/mol. The van der Waals surface area contributed by atoms with Gasteiger partial charge in [0, 0.05) is 12.6 Å². The van der Waals surface area contributed by atoms with E-state index < -0.39 is 0 Å². The lowest BCUT2D eigenvalue weighted by Crippen LogP contribution is -2.35. The molecule has 0 unspecified atom stereocenters. The fraction of sp³-hybridized carbons (Fsp3) is 0.462. The summed E-state index contributed by atoms with van der Waals surface area (Å²) in [6.45, 7) is 4.94. The third-order valence-electron chi connectivity index (χ3n) is 2.66. The quantitative estimate of drug-likeness (QED) is 0.779. The van der Waals surface area contributed by atoms with Gasteiger partial charge >= 0.3 is 5.97 Å². The number of rotatable bonds is 5. The molecule has 0 N–H and O–H groups in total. The molecule has 5 heteroatoms. The molecule has 18 heavy (non-hydrogen) atoms. The van der Waals surface area contributed by atoms with Crippen molar-refractivity contribution in [3.8, 4) is 0 Å². The van der Waals surface area contributed by atoms with E-state index in [-0.39, 0.29) is 18.6 Å². The van der Waals surface area contributed by atoms with Crippen LogP contribution in [-0.4, -0.2) is 30.6 Å². The van der Waals surface area contributed by atoms with Crippen LogP contribution in [-0.2, 0) is 16.1 Å². The highest BCUT2D eigenvalue weighted by molar-refractivity contribution is 6.42. The van der Waals surface area contributed by atoms with Gasteiger partial charge in [0.15, 0.2) is 0 Å². The molecule has 0 aliphatic rings. The summed E-state index contributed by atoms with van der Waals surface area (Å²) in [6.07, 6.45) is 0. The van der Waals surface area contributed by atoms with E-state index in [1.165, 1.54) is 7.11 Å². The van der Waals surface area contributed by atoms with Gasteiger partial charge in [0.2, 0.25) is 0 Å². The summed E-state index contributed by atoms with van der Waals surface area (Å²) in [5, 5.41) is 1.06. The number of hydrogen-bond donors (Lipinski definition) is 0. The molecule has 1 aromatic carbocycles. The molecule has 0 aliphatic heterocycles. The molecule has 0 amide bonds. The van der Waals surface area contributed by atoms with Crippen molar-refractivity contribution in [3.05, 3.63) is 33.8 Å². The molecule has 0 aliphatic carbocycles. The number of methoxy groups -OCH3 is 1. The molecule has 1 aromatic rings. The van der Waals surface area contributed by atoms with Gasteiger partial charge in [-0.3, -0.25) is 9.69 Å². The van der Waals surface area contributed by atoms with Gasteiger partial charge in [-0.2, -0.15) is 0 Å². The van der Waals surface area contributed by atoms with Crippen molar-refractivity contribution in [1.82, 2.24) is 4.90 Å². The number of benzene rings is 1. The van der Waals surface area contributed by atoms with Crippen molar-refractivity contribution in [2.75, 3.05) is 13.7 Å². The molecule has 0 aromatic heterocycles. The van der Waals surface area contributed by atoms with Crippen LogP contribution in [0.4, 0.5) is 0 Å². The van der Waals surface area contributed by atoms with Crippen molar-refractivity contribution in [3.63, 3.8) is 0 Å². The predicted octanol–water partition coefficient (Wildman–Crippen LogP) is 3.38. The second kappa shape index (κ2) is 6.98. The number of esters is 1. The van der Waals surface area contributed by atoms with Crippen LogP contribution in [0.1, 0.15) is 19.4 Å². The summed E-state index contributed by atoms with van der Waals surface area (Å²) in [5.74, 6) is -0.247. The fourth-order valence-corrected chi connectivity index (χ4v) is 1.84. The van der Waals surface area contributed by atoms with Gasteiger partial charge in [0.1, 0.15) is 0 Å². The predicted molar refractivity (Wildman–Crippen MR) is 74.0 cm³/mol. The van der Waals surface area contributed by atoms with E-state index in [9.17, 15) is 4.79 Å². The third-order valence-corrected chi connectivity index (χ3v) is 3.40. The maximum absolute atomic E-state index is 11.3. The monoisotopic (exact) mass is 289 g/mol. The normalized spacial score (nSPS) is 11.1. The van der Waals surface area contributed by atoms with Crippen molar-refractivity contribution in [2.24, 2.45) is 0 Å². The van der Waals surface area contributed by atoms with Gasteiger partial charge in [0.25, 0.3) is 0 Å². The number of nitrogens with zero attached hydrogens (tertiary/aromatic N) is 1. The number of carbonyl (C=O) groups is 1. The van der Waals surface area contributed by atoms with Gasteiger partial charge in [-0.1, -0.05) is 29.3 Å². The Bertz CT molecular complexity index is 421. The molecule has 1 rings (SSSR count).